The summed E-state index contributed by atoms with van der Waals surface area (Å²) in [6, 6.07) is 7.96. The zero-order valence-electron chi connectivity index (χ0n) is 16.1. The van der Waals surface area contributed by atoms with Crippen LogP contribution in [0.3, 0.4) is 0 Å². The number of nitrogens with one attached hydrogen (secondary N) is 2. The van der Waals surface area contributed by atoms with Crippen LogP contribution in [0, 0.1) is 0 Å². The SMILES string of the molecule is CN(C)CCCNc1cnc(C(=O)Nc2ccc(N3CCCC3)cc2)cn1. The third-order valence-corrected chi connectivity index (χ3v) is 4.57. The van der Waals surface area contributed by atoms with E-state index in [1.807, 2.05) is 38.4 Å². The first-order valence-corrected chi connectivity index (χ1v) is 9.49. The Hall–Kier alpha value is -2.67. The van der Waals surface area contributed by atoms with Crippen LogP contribution in [0.15, 0.2) is 36.7 Å². The zero-order chi connectivity index (χ0) is 19.1. The Morgan fingerprint density at radius 1 is 1.11 bits per heavy atom. The Kier molecular flexibility index (Phi) is 6.59. The summed E-state index contributed by atoms with van der Waals surface area (Å²) in [7, 11) is 4.10. The highest BCUT2D eigenvalue weighted by Gasteiger charge is 2.13. The summed E-state index contributed by atoms with van der Waals surface area (Å²) in [6.07, 6.45) is 6.61. The number of carbonyl (C=O) groups excluding carboxylic acids is 1. The van der Waals surface area contributed by atoms with E-state index in [-0.39, 0.29) is 5.91 Å². The number of aromatic nitrogens is 2. The molecule has 0 atom stereocenters. The number of hydrogen-bond donors (Lipinski definition) is 2. The van der Waals surface area contributed by atoms with Crippen molar-refractivity contribution in [2.45, 2.75) is 19.3 Å². The fraction of sp³-hybridized carbons (Fsp3) is 0.450. The third-order valence-electron chi connectivity index (χ3n) is 4.57. The van der Waals surface area contributed by atoms with Crippen LogP contribution in [0.4, 0.5) is 17.2 Å². The fourth-order valence-electron chi connectivity index (χ4n) is 3.07. The van der Waals surface area contributed by atoms with E-state index in [9.17, 15) is 4.79 Å². The molecule has 1 aliphatic rings. The third kappa shape index (κ3) is 5.65. The van der Waals surface area contributed by atoms with Gasteiger partial charge >= 0.3 is 0 Å². The molecular formula is C20H28N6O. The molecule has 0 saturated carbocycles. The van der Waals surface area contributed by atoms with Crippen molar-refractivity contribution in [3.05, 3.63) is 42.4 Å². The lowest BCUT2D eigenvalue weighted by atomic mass is 10.2. The predicted octanol–water partition coefficient (Wildman–Crippen LogP) is 2.69. The molecule has 1 aliphatic heterocycles. The van der Waals surface area contributed by atoms with E-state index >= 15 is 0 Å². The number of anilines is 3. The van der Waals surface area contributed by atoms with Gasteiger partial charge in [0.2, 0.25) is 0 Å². The van der Waals surface area contributed by atoms with Crippen LogP contribution in [-0.2, 0) is 0 Å². The van der Waals surface area contributed by atoms with Gasteiger partial charge in [0, 0.05) is 31.0 Å². The van der Waals surface area contributed by atoms with Crippen LogP contribution in [0.2, 0.25) is 0 Å². The van der Waals surface area contributed by atoms with E-state index in [0.717, 1.165) is 38.3 Å². The molecule has 1 fully saturated rings. The van der Waals surface area contributed by atoms with E-state index in [0.29, 0.717) is 11.5 Å². The van der Waals surface area contributed by atoms with Crippen LogP contribution >= 0.6 is 0 Å². The van der Waals surface area contributed by atoms with Gasteiger partial charge in [0.25, 0.3) is 5.91 Å². The van der Waals surface area contributed by atoms with Crippen LogP contribution < -0.4 is 15.5 Å². The molecule has 2 aromatic rings. The second-order valence-electron chi connectivity index (χ2n) is 7.07. The predicted molar refractivity (Wildman–Crippen MR) is 110 cm³/mol. The lowest BCUT2D eigenvalue weighted by molar-refractivity contribution is 0.102. The Labute approximate surface area is 160 Å². The van der Waals surface area contributed by atoms with Crippen molar-refractivity contribution in [1.82, 2.24) is 14.9 Å². The second-order valence-corrected chi connectivity index (χ2v) is 7.07. The Bertz CT molecular complexity index is 723. The van der Waals surface area contributed by atoms with Gasteiger partial charge in [-0.1, -0.05) is 0 Å². The van der Waals surface area contributed by atoms with Crippen LogP contribution in [-0.4, -0.2) is 61.0 Å². The number of rotatable bonds is 8. The summed E-state index contributed by atoms with van der Waals surface area (Å²) >= 11 is 0. The molecule has 1 amide bonds. The first kappa shape index (κ1) is 19.1. The molecule has 2 N–H and O–H groups in total. The Balaban J connectivity index is 1.50. The monoisotopic (exact) mass is 368 g/mol. The molecule has 3 rings (SSSR count). The Morgan fingerprint density at radius 2 is 1.85 bits per heavy atom. The summed E-state index contributed by atoms with van der Waals surface area (Å²) in [5, 5.41) is 6.09. The molecule has 1 aromatic heterocycles. The lowest BCUT2D eigenvalue weighted by Gasteiger charge is -2.17. The van der Waals surface area contributed by atoms with Crippen molar-refractivity contribution in [3.8, 4) is 0 Å². The van der Waals surface area contributed by atoms with Crippen molar-refractivity contribution >= 4 is 23.1 Å². The van der Waals surface area contributed by atoms with Gasteiger partial charge in [-0.05, 0) is 64.2 Å². The zero-order valence-corrected chi connectivity index (χ0v) is 16.1. The van der Waals surface area contributed by atoms with Crippen LogP contribution in [0.25, 0.3) is 0 Å². The highest BCUT2D eigenvalue weighted by Crippen LogP contribution is 2.22. The van der Waals surface area contributed by atoms with E-state index in [1.54, 1.807) is 6.20 Å². The smallest absolute Gasteiger partial charge is 0.275 e. The van der Waals surface area contributed by atoms with Gasteiger partial charge in [-0.2, -0.15) is 0 Å². The number of hydrogen-bond acceptors (Lipinski definition) is 6. The van der Waals surface area contributed by atoms with Crippen molar-refractivity contribution in [2.75, 3.05) is 55.8 Å². The molecular weight excluding hydrogens is 340 g/mol. The van der Waals surface area contributed by atoms with Gasteiger partial charge in [-0.3, -0.25) is 4.79 Å². The first-order valence-electron chi connectivity index (χ1n) is 9.49. The van der Waals surface area contributed by atoms with Gasteiger partial charge in [0.05, 0.1) is 12.4 Å². The summed E-state index contributed by atoms with van der Waals surface area (Å²) in [4.78, 5) is 25.3. The van der Waals surface area contributed by atoms with Crippen molar-refractivity contribution in [3.63, 3.8) is 0 Å². The average molecular weight is 368 g/mol. The summed E-state index contributed by atoms with van der Waals surface area (Å²) in [5.74, 6) is 0.427. The first-order chi connectivity index (χ1) is 13.1. The van der Waals surface area contributed by atoms with Crippen molar-refractivity contribution in [2.24, 2.45) is 0 Å². The summed E-state index contributed by atoms with van der Waals surface area (Å²) < 4.78 is 0. The fourth-order valence-corrected chi connectivity index (χ4v) is 3.07. The molecule has 2 heterocycles. The quantitative estimate of drug-likeness (QED) is 0.698. The van der Waals surface area contributed by atoms with Crippen LogP contribution in [0.1, 0.15) is 29.8 Å². The van der Waals surface area contributed by atoms with Crippen molar-refractivity contribution < 1.29 is 4.79 Å². The topological polar surface area (TPSA) is 73.4 Å². The highest BCUT2D eigenvalue weighted by atomic mass is 16.1. The molecule has 144 valence electrons. The largest absolute Gasteiger partial charge is 0.372 e. The van der Waals surface area contributed by atoms with E-state index in [1.165, 1.54) is 24.7 Å². The standard InChI is InChI=1S/C20H28N6O/c1-25(2)11-5-10-21-19-15-22-18(14-23-19)20(27)24-16-6-8-17(9-7-16)26-12-3-4-13-26/h6-9,14-15H,3-5,10-13H2,1-2H3,(H,21,23)(H,24,27). The minimum absolute atomic E-state index is 0.254. The number of nitrogens with zero attached hydrogens (tertiary/aromatic N) is 4. The van der Waals surface area contributed by atoms with Gasteiger partial charge < -0.3 is 20.4 Å². The maximum absolute atomic E-state index is 12.4. The molecule has 1 aromatic carbocycles. The second kappa shape index (κ2) is 9.32. The maximum Gasteiger partial charge on any atom is 0.275 e. The molecule has 0 radical (unpaired) electrons. The minimum atomic E-state index is -0.254. The lowest BCUT2D eigenvalue weighted by Crippen LogP contribution is -2.18. The molecule has 0 unspecified atom stereocenters. The van der Waals surface area contributed by atoms with Gasteiger partial charge in [0.1, 0.15) is 11.5 Å². The van der Waals surface area contributed by atoms with E-state index in [4.69, 9.17) is 0 Å². The highest BCUT2D eigenvalue weighted by molar-refractivity contribution is 6.02. The number of carbonyl (C=O) groups is 1. The normalized spacial score (nSPS) is 13.8. The van der Waals surface area contributed by atoms with Gasteiger partial charge in [0.15, 0.2) is 0 Å². The maximum atomic E-state index is 12.4. The van der Waals surface area contributed by atoms with Gasteiger partial charge in [-0.15, -0.1) is 0 Å². The number of amides is 1. The van der Waals surface area contributed by atoms with Crippen LogP contribution in [0.5, 0.6) is 0 Å². The van der Waals surface area contributed by atoms with E-state index in [2.05, 4.69) is 30.4 Å². The summed E-state index contributed by atoms with van der Waals surface area (Å²) in [5.41, 5.74) is 2.27. The van der Waals surface area contributed by atoms with Gasteiger partial charge in [-0.25, -0.2) is 9.97 Å². The minimum Gasteiger partial charge on any atom is -0.372 e. The average Bonchev–Trinajstić information content (AvgIpc) is 3.21. The number of benzene rings is 1. The van der Waals surface area contributed by atoms with E-state index < -0.39 is 0 Å². The molecule has 0 bridgehead atoms. The molecule has 0 aliphatic carbocycles. The van der Waals surface area contributed by atoms with Crippen molar-refractivity contribution in [1.29, 1.82) is 0 Å². The molecule has 7 nitrogen and oxygen atoms in total. The molecule has 1 saturated heterocycles. The molecule has 0 spiro atoms. The summed E-state index contributed by atoms with van der Waals surface area (Å²) in [6.45, 7) is 4.05. The Morgan fingerprint density at radius 3 is 2.48 bits per heavy atom. The molecule has 27 heavy (non-hydrogen) atoms. The molecule has 7 heteroatoms.